The Labute approximate surface area is 225 Å². The molecule has 1 aromatic carbocycles. The Bertz CT molecular complexity index is 1460. The van der Waals surface area contributed by atoms with Crippen LogP contribution in [0.4, 0.5) is 11.6 Å². The summed E-state index contributed by atoms with van der Waals surface area (Å²) < 4.78 is 0. The van der Waals surface area contributed by atoms with E-state index >= 15 is 0 Å². The van der Waals surface area contributed by atoms with Gasteiger partial charge in [-0.1, -0.05) is 18.5 Å². The molecule has 0 amide bonds. The van der Waals surface area contributed by atoms with Crippen molar-refractivity contribution in [3.05, 3.63) is 34.7 Å². The number of hydrogen-bond donors (Lipinski definition) is 3. The predicted octanol–water partition coefficient (Wildman–Crippen LogP) is 4.04. The normalized spacial score (nSPS) is 19.0. The highest BCUT2D eigenvalue weighted by Gasteiger charge is 2.26. The number of piperidine rings is 1. The molecule has 2 aliphatic heterocycles. The summed E-state index contributed by atoms with van der Waals surface area (Å²) in [6.07, 6.45) is 3.69. The van der Waals surface area contributed by atoms with Crippen LogP contribution in [0.2, 0.25) is 5.02 Å². The van der Waals surface area contributed by atoms with Crippen LogP contribution in [0.1, 0.15) is 37.7 Å². The quantitative estimate of drug-likeness (QED) is 0.323. The van der Waals surface area contributed by atoms with Crippen LogP contribution in [-0.2, 0) is 6.42 Å². The van der Waals surface area contributed by atoms with Gasteiger partial charge in [-0.2, -0.15) is 0 Å². The molecule has 0 radical (unpaired) electrons. The van der Waals surface area contributed by atoms with E-state index in [4.69, 9.17) is 43.0 Å². The first-order valence-corrected chi connectivity index (χ1v) is 14.1. The minimum absolute atomic E-state index is 0.137. The average Bonchev–Trinajstić information content (AvgIpc) is 3.46. The van der Waals surface area contributed by atoms with E-state index in [1.165, 1.54) is 11.8 Å². The molecule has 0 unspecified atom stereocenters. The number of aromatic amines is 1. The lowest BCUT2D eigenvalue weighted by Gasteiger charge is -2.31. The SMILES string of the molecule is CCc1[nH]c2nc(Sc3ccc4c(N5CCC(N)CC5)nc(C)nc4c3)nc(N3CC[C@H](N)C3)c2c1Cl. The fraction of sp³-hybridized carbons (Fsp3) is 0.462. The average molecular weight is 538 g/mol. The summed E-state index contributed by atoms with van der Waals surface area (Å²) in [5, 5.41) is 3.30. The van der Waals surface area contributed by atoms with Crippen LogP contribution in [-0.4, -0.2) is 63.2 Å². The minimum atomic E-state index is 0.137. The number of halogens is 1. The molecule has 11 heteroatoms. The Morgan fingerprint density at radius 2 is 1.76 bits per heavy atom. The number of nitrogens with zero attached hydrogens (tertiary/aromatic N) is 6. The van der Waals surface area contributed by atoms with Gasteiger partial charge in [0.2, 0.25) is 0 Å². The van der Waals surface area contributed by atoms with Gasteiger partial charge in [-0.25, -0.2) is 19.9 Å². The van der Waals surface area contributed by atoms with Gasteiger partial charge in [-0.3, -0.25) is 0 Å². The van der Waals surface area contributed by atoms with Gasteiger partial charge in [0.05, 0.1) is 15.9 Å². The highest BCUT2D eigenvalue weighted by molar-refractivity contribution is 7.99. The molecule has 37 heavy (non-hydrogen) atoms. The topological polar surface area (TPSA) is 126 Å². The molecule has 3 aromatic heterocycles. The first-order chi connectivity index (χ1) is 17.9. The molecule has 4 aromatic rings. The third-order valence-electron chi connectivity index (χ3n) is 7.31. The number of H-pyrrole nitrogens is 1. The summed E-state index contributed by atoms with van der Waals surface area (Å²) >= 11 is 8.28. The van der Waals surface area contributed by atoms with Gasteiger partial charge >= 0.3 is 0 Å². The van der Waals surface area contributed by atoms with Crippen molar-refractivity contribution in [3.8, 4) is 0 Å². The van der Waals surface area contributed by atoms with E-state index in [0.717, 1.165) is 102 Å². The summed E-state index contributed by atoms with van der Waals surface area (Å²) in [4.78, 5) is 28.4. The van der Waals surface area contributed by atoms with E-state index in [0.29, 0.717) is 10.2 Å². The van der Waals surface area contributed by atoms with E-state index in [1.807, 2.05) is 6.92 Å². The first-order valence-electron chi connectivity index (χ1n) is 12.9. The molecule has 5 N–H and O–H groups in total. The number of aromatic nitrogens is 5. The number of fused-ring (bicyclic) bond motifs is 2. The van der Waals surface area contributed by atoms with Crippen LogP contribution in [0.25, 0.3) is 21.9 Å². The molecule has 6 rings (SSSR count). The van der Waals surface area contributed by atoms with Crippen LogP contribution in [0.5, 0.6) is 0 Å². The van der Waals surface area contributed by atoms with Crippen molar-refractivity contribution >= 4 is 56.9 Å². The van der Waals surface area contributed by atoms with Gasteiger partial charge in [-0.05, 0) is 62.6 Å². The van der Waals surface area contributed by atoms with Gasteiger partial charge in [-0.15, -0.1) is 0 Å². The highest BCUT2D eigenvalue weighted by atomic mass is 35.5. The molecular weight excluding hydrogens is 506 g/mol. The number of aryl methyl sites for hydroxylation is 2. The summed E-state index contributed by atoms with van der Waals surface area (Å²) in [7, 11) is 0. The predicted molar refractivity (Wildman–Crippen MR) is 151 cm³/mol. The third kappa shape index (κ3) is 4.71. The van der Waals surface area contributed by atoms with Gasteiger partial charge in [0.25, 0.3) is 0 Å². The van der Waals surface area contributed by atoms with E-state index < -0.39 is 0 Å². The molecular formula is C26H32ClN9S. The Hall–Kier alpha value is -2.66. The maximum Gasteiger partial charge on any atom is 0.196 e. The van der Waals surface area contributed by atoms with Gasteiger partial charge in [0.15, 0.2) is 5.16 Å². The largest absolute Gasteiger partial charge is 0.356 e. The highest BCUT2D eigenvalue weighted by Crippen LogP contribution is 2.38. The third-order valence-corrected chi connectivity index (χ3v) is 8.58. The molecule has 0 bridgehead atoms. The van der Waals surface area contributed by atoms with Crippen molar-refractivity contribution in [1.29, 1.82) is 0 Å². The molecule has 2 fully saturated rings. The van der Waals surface area contributed by atoms with E-state index in [2.05, 4.69) is 39.9 Å². The fourth-order valence-electron chi connectivity index (χ4n) is 5.29. The molecule has 2 saturated heterocycles. The van der Waals surface area contributed by atoms with Crippen molar-refractivity contribution in [1.82, 2.24) is 24.9 Å². The van der Waals surface area contributed by atoms with Crippen LogP contribution in [0.15, 0.2) is 28.3 Å². The zero-order valence-corrected chi connectivity index (χ0v) is 22.7. The summed E-state index contributed by atoms with van der Waals surface area (Å²) in [6, 6.07) is 6.73. The maximum absolute atomic E-state index is 6.76. The van der Waals surface area contributed by atoms with Crippen molar-refractivity contribution in [2.24, 2.45) is 11.5 Å². The monoisotopic (exact) mass is 537 g/mol. The number of benzene rings is 1. The van der Waals surface area contributed by atoms with Gasteiger partial charge in [0.1, 0.15) is 23.1 Å². The van der Waals surface area contributed by atoms with Gasteiger partial charge < -0.3 is 26.3 Å². The second-order valence-electron chi connectivity index (χ2n) is 10.0. The standard InChI is InChI=1S/C26H32ClN9S/c1-3-19-22(27)21-23(32-19)33-26(34-25(21)36-11-8-16(29)13-36)37-17-4-5-18-20(12-17)30-14(2)31-24(18)35-9-6-15(28)7-10-35/h4-5,12,15-16H,3,6-11,13,28-29H2,1-2H3,(H,32,33,34)/t16-/m0/s1. The van der Waals surface area contributed by atoms with E-state index in [-0.39, 0.29) is 12.1 Å². The Balaban J connectivity index is 1.37. The fourth-order valence-corrected chi connectivity index (χ4v) is 6.44. The molecule has 0 aliphatic carbocycles. The van der Waals surface area contributed by atoms with Crippen LogP contribution < -0.4 is 21.3 Å². The summed E-state index contributed by atoms with van der Waals surface area (Å²) in [6.45, 7) is 7.47. The molecule has 9 nitrogen and oxygen atoms in total. The number of anilines is 2. The molecule has 2 aliphatic rings. The van der Waals surface area contributed by atoms with Crippen molar-refractivity contribution in [2.75, 3.05) is 36.0 Å². The Morgan fingerprint density at radius 3 is 2.49 bits per heavy atom. The smallest absolute Gasteiger partial charge is 0.196 e. The first kappa shape index (κ1) is 24.7. The van der Waals surface area contributed by atoms with Crippen molar-refractivity contribution in [2.45, 2.75) is 61.7 Å². The van der Waals surface area contributed by atoms with E-state index in [9.17, 15) is 0 Å². The maximum atomic E-state index is 6.76. The van der Waals surface area contributed by atoms with Crippen molar-refractivity contribution in [3.63, 3.8) is 0 Å². The molecule has 0 saturated carbocycles. The molecule has 194 valence electrons. The van der Waals surface area contributed by atoms with Crippen LogP contribution in [0, 0.1) is 6.92 Å². The lowest BCUT2D eigenvalue weighted by Crippen LogP contribution is -2.40. The number of rotatable bonds is 5. The van der Waals surface area contributed by atoms with E-state index in [1.54, 1.807) is 0 Å². The molecule has 1 atom stereocenters. The van der Waals surface area contributed by atoms with Crippen LogP contribution >= 0.6 is 23.4 Å². The summed E-state index contributed by atoms with van der Waals surface area (Å²) in [5.41, 5.74) is 15.0. The Morgan fingerprint density at radius 1 is 1.00 bits per heavy atom. The van der Waals surface area contributed by atoms with Crippen LogP contribution in [0.3, 0.4) is 0 Å². The molecule has 0 spiro atoms. The van der Waals surface area contributed by atoms with Crippen molar-refractivity contribution < 1.29 is 0 Å². The summed E-state index contributed by atoms with van der Waals surface area (Å²) in [5.74, 6) is 2.60. The zero-order chi connectivity index (χ0) is 25.7. The Kier molecular flexibility index (Phi) is 6.60. The lowest BCUT2D eigenvalue weighted by molar-refractivity contribution is 0.499. The second-order valence-corrected chi connectivity index (χ2v) is 11.4. The zero-order valence-electron chi connectivity index (χ0n) is 21.2. The van der Waals surface area contributed by atoms with Gasteiger partial charge in [0, 0.05) is 54.2 Å². The number of nitrogens with two attached hydrogens (primary N) is 2. The number of hydrogen-bond acceptors (Lipinski definition) is 9. The molecule has 5 heterocycles. The number of nitrogens with one attached hydrogen (secondary N) is 1. The minimum Gasteiger partial charge on any atom is -0.356 e. The second kappa shape index (κ2) is 9.90. The lowest BCUT2D eigenvalue weighted by atomic mass is 10.1.